The van der Waals surface area contributed by atoms with Crippen LogP contribution in [0, 0.1) is 11.8 Å². The molecular weight excluding hydrogens is 270 g/mol. The fraction of sp³-hybridized carbons (Fsp3) is 0.909. The molecule has 0 aromatic rings. The molecule has 8 heteroatoms. The first-order chi connectivity index (χ1) is 8.99. The van der Waals surface area contributed by atoms with E-state index in [-0.39, 0.29) is 12.6 Å². The summed E-state index contributed by atoms with van der Waals surface area (Å²) in [5.41, 5.74) is 0. The van der Waals surface area contributed by atoms with Gasteiger partial charge in [-0.05, 0) is 38.3 Å². The van der Waals surface area contributed by atoms with E-state index in [0.29, 0.717) is 18.4 Å². The maximum absolute atomic E-state index is 12.2. The third kappa shape index (κ3) is 2.85. The molecule has 2 rings (SSSR count). The van der Waals surface area contributed by atoms with E-state index < -0.39 is 16.3 Å². The summed E-state index contributed by atoms with van der Waals surface area (Å²) in [4.78, 5) is 11.3. The SMILES string of the molecule is CCOC(=O)NS(=O)(=O)N1CC2CNCC2C1CC. The highest BCUT2D eigenvalue weighted by Gasteiger charge is 2.48. The van der Waals surface area contributed by atoms with Gasteiger partial charge in [0.25, 0.3) is 0 Å². The Labute approximate surface area is 113 Å². The number of carbonyl (C=O) groups excluding carboxylic acids is 1. The molecule has 2 N–H and O–H groups in total. The number of hydrogen-bond donors (Lipinski definition) is 2. The van der Waals surface area contributed by atoms with Crippen molar-refractivity contribution in [3.63, 3.8) is 0 Å². The molecule has 110 valence electrons. The van der Waals surface area contributed by atoms with Crippen molar-refractivity contribution in [3.05, 3.63) is 0 Å². The Morgan fingerprint density at radius 3 is 2.79 bits per heavy atom. The summed E-state index contributed by atoms with van der Waals surface area (Å²) >= 11 is 0. The van der Waals surface area contributed by atoms with E-state index in [1.165, 1.54) is 4.31 Å². The van der Waals surface area contributed by atoms with Crippen LogP contribution in [-0.4, -0.2) is 51.1 Å². The van der Waals surface area contributed by atoms with Crippen LogP contribution in [0.4, 0.5) is 4.79 Å². The topological polar surface area (TPSA) is 87.7 Å². The molecule has 0 aromatic heterocycles. The second kappa shape index (κ2) is 5.64. The molecule has 0 bridgehead atoms. The molecule has 2 fully saturated rings. The van der Waals surface area contributed by atoms with Crippen molar-refractivity contribution >= 4 is 16.3 Å². The van der Waals surface area contributed by atoms with Crippen molar-refractivity contribution in [3.8, 4) is 0 Å². The fourth-order valence-electron chi connectivity index (χ4n) is 3.09. The van der Waals surface area contributed by atoms with Gasteiger partial charge in [0.1, 0.15) is 0 Å². The standard InChI is InChI=1S/C11H21N3O4S/c1-3-10-9-6-12-5-8(9)7-14(10)19(16,17)13-11(15)18-4-2/h8-10,12H,3-7H2,1-2H3,(H,13,15). The van der Waals surface area contributed by atoms with E-state index in [1.54, 1.807) is 6.92 Å². The lowest BCUT2D eigenvalue weighted by Gasteiger charge is -2.25. The Hall–Kier alpha value is -0.860. The molecule has 2 saturated heterocycles. The highest BCUT2D eigenvalue weighted by Crippen LogP contribution is 2.35. The van der Waals surface area contributed by atoms with E-state index in [0.717, 1.165) is 19.5 Å². The molecule has 19 heavy (non-hydrogen) atoms. The van der Waals surface area contributed by atoms with Gasteiger partial charge in [0.15, 0.2) is 0 Å². The highest BCUT2D eigenvalue weighted by atomic mass is 32.2. The second-order valence-electron chi connectivity index (χ2n) is 4.96. The van der Waals surface area contributed by atoms with Crippen LogP contribution in [0.3, 0.4) is 0 Å². The van der Waals surface area contributed by atoms with Gasteiger partial charge in [-0.25, -0.2) is 9.52 Å². The minimum atomic E-state index is -3.80. The van der Waals surface area contributed by atoms with E-state index >= 15 is 0 Å². The molecule has 3 atom stereocenters. The van der Waals surface area contributed by atoms with E-state index in [1.807, 2.05) is 11.6 Å². The lowest BCUT2D eigenvalue weighted by molar-refractivity contribution is 0.157. The van der Waals surface area contributed by atoms with Crippen LogP contribution in [0.2, 0.25) is 0 Å². The number of fused-ring (bicyclic) bond motifs is 1. The lowest BCUT2D eigenvalue weighted by Crippen LogP contribution is -2.47. The van der Waals surface area contributed by atoms with Gasteiger partial charge in [0.2, 0.25) is 0 Å². The van der Waals surface area contributed by atoms with Gasteiger partial charge in [-0.15, -0.1) is 0 Å². The van der Waals surface area contributed by atoms with Crippen LogP contribution >= 0.6 is 0 Å². The summed E-state index contributed by atoms with van der Waals surface area (Å²) in [5.74, 6) is 0.674. The number of carbonyl (C=O) groups is 1. The van der Waals surface area contributed by atoms with Crippen LogP contribution < -0.4 is 10.0 Å². The quantitative estimate of drug-likeness (QED) is 0.755. The van der Waals surface area contributed by atoms with Crippen molar-refractivity contribution in [2.45, 2.75) is 26.3 Å². The average Bonchev–Trinajstić information content (AvgIpc) is 2.87. The zero-order valence-electron chi connectivity index (χ0n) is 11.3. The Balaban J connectivity index is 2.10. The normalized spacial score (nSPS) is 31.2. The van der Waals surface area contributed by atoms with Crippen molar-refractivity contribution in [1.29, 1.82) is 0 Å². The van der Waals surface area contributed by atoms with Gasteiger partial charge in [-0.3, -0.25) is 0 Å². The molecule has 1 amide bonds. The van der Waals surface area contributed by atoms with E-state index in [4.69, 9.17) is 0 Å². The molecule has 0 aromatic carbocycles. The van der Waals surface area contributed by atoms with Gasteiger partial charge in [0, 0.05) is 12.6 Å². The Morgan fingerprint density at radius 2 is 2.16 bits per heavy atom. The highest BCUT2D eigenvalue weighted by molar-refractivity contribution is 7.87. The molecule has 0 aliphatic carbocycles. The maximum Gasteiger partial charge on any atom is 0.421 e. The summed E-state index contributed by atoms with van der Waals surface area (Å²) in [6.45, 7) is 5.89. The summed E-state index contributed by atoms with van der Waals surface area (Å²) in [6, 6.07) is -0.0491. The lowest BCUT2D eigenvalue weighted by atomic mass is 9.93. The third-order valence-electron chi connectivity index (χ3n) is 3.89. The van der Waals surface area contributed by atoms with Gasteiger partial charge in [-0.2, -0.15) is 12.7 Å². The van der Waals surface area contributed by atoms with Crippen LogP contribution in [0.15, 0.2) is 0 Å². The van der Waals surface area contributed by atoms with Crippen molar-refractivity contribution in [1.82, 2.24) is 14.3 Å². The molecule has 0 spiro atoms. The largest absolute Gasteiger partial charge is 0.449 e. The first kappa shape index (κ1) is 14.5. The Bertz CT molecular complexity index is 439. The molecule has 0 saturated carbocycles. The third-order valence-corrected chi connectivity index (χ3v) is 5.35. The van der Waals surface area contributed by atoms with Gasteiger partial charge in [0.05, 0.1) is 6.61 Å². The summed E-state index contributed by atoms with van der Waals surface area (Å²) < 4.78 is 32.4. The fourth-order valence-corrected chi connectivity index (χ4v) is 4.53. The van der Waals surface area contributed by atoms with E-state index in [2.05, 4.69) is 10.1 Å². The molecule has 3 unspecified atom stereocenters. The summed E-state index contributed by atoms with van der Waals surface area (Å²) in [7, 11) is -3.80. The Kier molecular flexibility index (Phi) is 4.32. The number of nitrogens with zero attached hydrogens (tertiary/aromatic N) is 1. The van der Waals surface area contributed by atoms with Gasteiger partial charge < -0.3 is 10.1 Å². The first-order valence-corrected chi connectivity index (χ1v) is 8.10. The zero-order chi connectivity index (χ0) is 14.0. The maximum atomic E-state index is 12.2. The van der Waals surface area contributed by atoms with Crippen LogP contribution in [0.1, 0.15) is 20.3 Å². The summed E-state index contributed by atoms with van der Waals surface area (Å²) in [6.07, 6.45) is -0.167. The molecular formula is C11H21N3O4S. The minimum absolute atomic E-state index is 0.0491. The number of nitrogens with one attached hydrogen (secondary N) is 2. The zero-order valence-corrected chi connectivity index (χ0v) is 12.1. The molecule has 0 radical (unpaired) electrons. The van der Waals surface area contributed by atoms with Gasteiger partial charge >= 0.3 is 16.3 Å². The van der Waals surface area contributed by atoms with Crippen molar-refractivity contribution < 1.29 is 17.9 Å². The number of rotatable bonds is 4. The van der Waals surface area contributed by atoms with E-state index in [9.17, 15) is 13.2 Å². The predicted molar refractivity (Wildman–Crippen MR) is 69.7 cm³/mol. The smallest absolute Gasteiger partial charge is 0.421 e. The predicted octanol–water partition coefficient (Wildman–Crippen LogP) is -0.0929. The second-order valence-corrected chi connectivity index (χ2v) is 6.58. The molecule has 7 nitrogen and oxygen atoms in total. The minimum Gasteiger partial charge on any atom is -0.449 e. The van der Waals surface area contributed by atoms with Crippen molar-refractivity contribution in [2.75, 3.05) is 26.2 Å². The Morgan fingerprint density at radius 1 is 1.42 bits per heavy atom. The number of hydrogen-bond acceptors (Lipinski definition) is 5. The van der Waals surface area contributed by atoms with Crippen LogP contribution in [-0.2, 0) is 14.9 Å². The van der Waals surface area contributed by atoms with Gasteiger partial charge in [-0.1, -0.05) is 6.92 Å². The first-order valence-electron chi connectivity index (χ1n) is 6.66. The molecule has 2 aliphatic rings. The average molecular weight is 291 g/mol. The van der Waals surface area contributed by atoms with Crippen molar-refractivity contribution in [2.24, 2.45) is 11.8 Å². The summed E-state index contributed by atoms with van der Waals surface area (Å²) in [5, 5.41) is 3.29. The monoisotopic (exact) mass is 291 g/mol. The molecule has 2 aliphatic heterocycles. The number of ether oxygens (including phenoxy) is 1. The number of amides is 1. The molecule has 2 heterocycles. The van der Waals surface area contributed by atoms with Crippen LogP contribution in [0.25, 0.3) is 0 Å². The van der Waals surface area contributed by atoms with Crippen LogP contribution in [0.5, 0.6) is 0 Å².